The van der Waals surface area contributed by atoms with E-state index in [-0.39, 0.29) is 5.56 Å². The monoisotopic (exact) mass is 355 g/mol. The lowest BCUT2D eigenvalue weighted by molar-refractivity contribution is 0.456. The van der Waals surface area contributed by atoms with Crippen LogP contribution in [0.2, 0.25) is 0 Å². The fourth-order valence-electron chi connectivity index (χ4n) is 3.67. The first-order chi connectivity index (χ1) is 12.6. The minimum Gasteiger partial charge on any atom is -0.363 e. The van der Waals surface area contributed by atoms with E-state index in [1.54, 1.807) is 18.7 Å². The van der Waals surface area contributed by atoms with E-state index in [2.05, 4.69) is 35.8 Å². The summed E-state index contributed by atoms with van der Waals surface area (Å²) in [5.41, 5.74) is -0.114. The number of nitrogens with zero attached hydrogens (tertiary/aromatic N) is 6. The number of hydrogen-bond donors (Lipinski definition) is 1. The Morgan fingerprint density at radius 3 is 2.38 bits per heavy atom. The third kappa shape index (κ3) is 3.36. The van der Waals surface area contributed by atoms with Crippen LogP contribution in [0.4, 0.5) is 17.5 Å². The molecule has 0 unspecified atom stereocenters. The van der Waals surface area contributed by atoms with Crippen molar-refractivity contribution in [3.05, 3.63) is 35.1 Å². The molecule has 1 N–H and O–H groups in total. The number of aromatic nitrogens is 4. The predicted molar refractivity (Wildman–Crippen MR) is 102 cm³/mol. The van der Waals surface area contributed by atoms with E-state index in [1.165, 1.54) is 12.8 Å². The maximum absolute atomic E-state index is 12.0. The van der Waals surface area contributed by atoms with Gasteiger partial charge in [-0.15, -0.1) is 0 Å². The summed E-state index contributed by atoms with van der Waals surface area (Å²) >= 11 is 0. The second kappa shape index (κ2) is 6.93. The number of rotatable bonds is 5. The van der Waals surface area contributed by atoms with E-state index in [0.29, 0.717) is 17.9 Å². The van der Waals surface area contributed by atoms with E-state index in [9.17, 15) is 4.79 Å². The molecule has 2 aromatic rings. The van der Waals surface area contributed by atoms with Crippen molar-refractivity contribution in [1.82, 2.24) is 19.9 Å². The minimum absolute atomic E-state index is 0.114. The van der Waals surface area contributed by atoms with Crippen LogP contribution in [0.25, 0.3) is 0 Å². The molecule has 26 heavy (non-hydrogen) atoms. The molecule has 0 spiro atoms. The topological polar surface area (TPSA) is 81.2 Å². The molecule has 2 fully saturated rings. The van der Waals surface area contributed by atoms with Crippen LogP contribution in [-0.4, -0.2) is 59.2 Å². The molecule has 1 aliphatic heterocycles. The van der Waals surface area contributed by atoms with Crippen LogP contribution in [0.3, 0.4) is 0 Å². The Bertz CT molecular complexity index is 809. The zero-order chi connectivity index (χ0) is 18.1. The second-order valence-corrected chi connectivity index (χ2v) is 7.23. The molecule has 8 nitrogen and oxygen atoms in total. The smallest absolute Gasteiger partial charge is 0.290 e. The van der Waals surface area contributed by atoms with Gasteiger partial charge in [0.05, 0.1) is 0 Å². The van der Waals surface area contributed by atoms with Gasteiger partial charge in [0.2, 0.25) is 0 Å². The van der Waals surface area contributed by atoms with Crippen LogP contribution in [0.15, 0.2) is 29.6 Å². The lowest BCUT2D eigenvalue weighted by Crippen LogP contribution is -2.47. The van der Waals surface area contributed by atoms with Gasteiger partial charge in [-0.25, -0.2) is 15.0 Å². The number of hydrogen-bond acceptors (Lipinski definition) is 7. The van der Waals surface area contributed by atoms with Gasteiger partial charge in [0, 0.05) is 57.7 Å². The van der Waals surface area contributed by atoms with Crippen molar-refractivity contribution in [1.29, 1.82) is 0 Å². The molecule has 138 valence electrons. The lowest BCUT2D eigenvalue weighted by Gasteiger charge is -2.39. The number of piperidine rings is 1. The van der Waals surface area contributed by atoms with Gasteiger partial charge in [-0.05, 0) is 25.7 Å². The molecule has 1 aliphatic carbocycles. The quantitative estimate of drug-likeness (QED) is 0.865. The molecule has 3 heterocycles. The SMILES string of the molecule is CN(C)c1cc(N(C2CC2)C2CCN(c3ncc[nH]c3=O)CC2)ncn1. The van der Waals surface area contributed by atoms with E-state index < -0.39 is 0 Å². The summed E-state index contributed by atoms with van der Waals surface area (Å²) in [5, 5.41) is 0. The van der Waals surface area contributed by atoms with Crippen molar-refractivity contribution >= 4 is 17.5 Å². The van der Waals surface area contributed by atoms with Crippen LogP contribution in [0.5, 0.6) is 0 Å². The van der Waals surface area contributed by atoms with Gasteiger partial charge in [-0.3, -0.25) is 4.79 Å². The Kier molecular flexibility index (Phi) is 4.48. The Hall–Kier alpha value is -2.64. The first kappa shape index (κ1) is 16.8. The lowest BCUT2D eigenvalue weighted by atomic mass is 10.0. The Morgan fingerprint density at radius 1 is 1.04 bits per heavy atom. The molecular weight excluding hydrogens is 330 g/mol. The third-order valence-corrected chi connectivity index (χ3v) is 5.15. The average Bonchev–Trinajstić information content (AvgIpc) is 3.48. The molecule has 0 amide bonds. The Labute approximate surface area is 152 Å². The Morgan fingerprint density at radius 2 is 1.73 bits per heavy atom. The largest absolute Gasteiger partial charge is 0.363 e. The van der Waals surface area contributed by atoms with Gasteiger partial charge in [0.15, 0.2) is 5.82 Å². The molecule has 0 atom stereocenters. The fourth-order valence-corrected chi connectivity index (χ4v) is 3.67. The van der Waals surface area contributed by atoms with Crippen LogP contribution >= 0.6 is 0 Å². The highest BCUT2D eigenvalue weighted by molar-refractivity contribution is 5.52. The maximum Gasteiger partial charge on any atom is 0.290 e. The maximum atomic E-state index is 12.0. The van der Waals surface area contributed by atoms with Crippen molar-refractivity contribution in [2.45, 2.75) is 37.8 Å². The van der Waals surface area contributed by atoms with Gasteiger partial charge in [-0.2, -0.15) is 0 Å². The molecule has 2 aliphatic rings. The summed E-state index contributed by atoms with van der Waals surface area (Å²) in [5.74, 6) is 2.47. The number of aromatic amines is 1. The van der Waals surface area contributed by atoms with Gasteiger partial charge in [0.25, 0.3) is 5.56 Å². The summed E-state index contributed by atoms with van der Waals surface area (Å²) in [7, 11) is 3.99. The van der Waals surface area contributed by atoms with Crippen molar-refractivity contribution in [2.24, 2.45) is 0 Å². The highest BCUT2D eigenvalue weighted by atomic mass is 16.1. The van der Waals surface area contributed by atoms with E-state index in [1.807, 2.05) is 19.0 Å². The molecule has 0 radical (unpaired) electrons. The van der Waals surface area contributed by atoms with Gasteiger partial charge < -0.3 is 19.7 Å². The zero-order valence-corrected chi connectivity index (χ0v) is 15.3. The molecule has 0 aromatic carbocycles. The standard InChI is InChI=1S/C18H25N7O/c1-23(2)15-11-16(22-12-21-15)25(13-3-4-13)14-5-9-24(10-6-14)17-18(26)20-8-7-19-17/h7-8,11-14H,3-6,9-10H2,1-2H3,(H,20,26). The van der Waals surface area contributed by atoms with Crippen molar-refractivity contribution in [2.75, 3.05) is 41.9 Å². The van der Waals surface area contributed by atoms with Gasteiger partial charge in [0.1, 0.15) is 18.0 Å². The van der Waals surface area contributed by atoms with Crippen LogP contribution in [0.1, 0.15) is 25.7 Å². The summed E-state index contributed by atoms with van der Waals surface area (Å²) in [6.07, 6.45) is 9.31. The van der Waals surface area contributed by atoms with Crippen molar-refractivity contribution in [3.8, 4) is 0 Å². The molecule has 8 heteroatoms. The summed E-state index contributed by atoms with van der Waals surface area (Å²) in [6.45, 7) is 1.67. The van der Waals surface area contributed by atoms with E-state index in [0.717, 1.165) is 37.6 Å². The predicted octanol–water partition coefficient (Wildman–Crippen LogP) is 1.26. The van der Waals surface area contributed by atoms with Crippen molar-refractivity contribution < 1.29 is 0 Å². The summed E-state index contributed by atoms with van der Waals surface area (Å²) in [6, 6.07) is 3.09. The van der Waals surface area contributed by atoms with Gasteiger partial charge >= 0.3 is 0 Å². The molecule has 4 rings (SSSR count). The first-order valence-corrected chi connectivity index (χ1v) is 9.20. The number of H-pyrrole nitrogens is 1. The molecule has 2 aromatic heterocycles. The molecular formula is C18H25N7O. The summed E-state index contributed by atoms with van der Waals surface area (Å²) < 4.78 is 0. The van der Waals surface area contributed by atoms with E-state index in [4.69, 9.17) is 0 Å². The van der Waals surface area contributed by atoms with E-state index >= 15 is 0 Å². The molecule has 1 saturated heterocycles. The average molecular weight is 355 g/mol. The second-order valence-electron chi connectivity index (χ2n) is 7.23. The highest BCUT2D eigenvalue weighted by Crippen LogP contribution is 2.36. The molecule has 1 saturated carbocycles. The third-order valence-electron chi connectivity index (χ3n) is 5.15. The Balaban J connectivity index is 1.50. The first-order valence-electron chi connectivity index (χ1n) is 9.20. The fraction of sp³-hybridized carbons (Fsp3) is 0.556. The number of nitrogens with one attached hydrogen (secondary N) is 1. The van der Waals surface area contributed by atoms with Crippen molar-refractivity contribution in [3.63, 3.8) is 0 Å². The van der Waals surface area contributed by atoms with Crippen LogP contribution < -0.4 is 20.3 Å². The highest BCUT2D eigenvalue weighted by Gasteiger charge is 2.37. The zero-order valence-electron chi connectivity index (χ0n) is 15.3. The number of anilines is 3. The van der Waals surface area contributed by atoms with Crippen LogP contribution in [0, 0.1) is 0 Å². The molecule has 0 bridgehead atoms. The van der Waals surface area contributed by atoms with Crippen LogP contribution in [-0.2, 0) is 0 Å². The minimum atomic E-state index is -0.114. The summed E-state index contributed by atoms with van der Waals surface area (Å²) in [4.78, 5) is 34.4. The normalized spacial score (nSPS) is 18.0. The van der Waals surface area contributed by atoms with Gasteiger partial charge in [-0.1, -0.05) is 0 Å².